The monoisotopic (exact) mass is 332 g/mol. The fourth-order valence-electron chi connectivity index (χ4n) is 1.87. The molecule has 2 nitrogen and oxygen atoms in total. The van der Waals surface area contributed by atoms with Gasteiger partial charge in [-0.15, -0.1) is 0 Å². The predicted molar refractivity (Wildman–Crippen MR) is 94.1 cm³/mol. The third-order valence-electron chi connectivity index (χ3n) is 2.99. The van der Waals surface area contributed by atoms with Crippen molar-refractivity contribution in [2.75, 3.05) is 11.9 Å². The first-order valence-electron chi connectivity index (χ1n) is 7.13. The molecule has 0 heterocycles. The van der Waals surface area contributed by atoms with Crippen molar-refractivity contribution in [3.63, 3.8) is 0 Å². The van der Waals surface area contributed by atoms with E-state index >= 15 is 0 Å². The van der Waals surface area contributed by atoms with Gasteiger partial charge in [-0.1, -0.05) is 62.2 Å². The van der Waals surface area contributed by atoms with Crippen LogP contribution in [0, 0.1) is 0 Å². The molecule has 0 aromatic heterocycles. The summed E-state index contributed by atoms with van der Waals surface area (Å²) in [5, 5.41) is 8.08. The highest BCUT2D eigenvalue weighted by atomic mass is 35.5. The zero-order valence-corrected chi connectivity index (χ0v) is 14.2. The van der Waals surface area contributed by atoms with Crippen LogP contribution < -0.4 is 10.6 Å². The summed E-state index contributed by atoms with van der Waals surface area (Å²) in [6, 6.07) is 5.27. The van der Waals surface area contributed by atoms with Crippen molar-refractivity contribution >= 4 is 46.2 Å². The zero-order valence-electron chi connectivity index (χ0n) is 11.8. The number of thiocarbonyl (C=S) groups is 1. The molecule has 0 amide bonds. The van der Waals surface area contributed by atoms with E-state index in [1.165, 1.54) is 32.1 Å². The first-order valence-corrected chi connectivity index (χ1v) is 8.29. The molecule has 0 bridgehead atoms. The molecule has 5 heteroatoms. The van der Waals surface area contributed by atoms with Crippen LogP contribution >= 0.6 is 35.4 Å². The van der Waals surface area contributed by atoms with Crippen LogP contribution in [0.4, 0.5) is 5.69 Å². The second kappa shape index (κ2) is 10.3. The second-order valence-electron chi connectivity index (χ2n) is 4.77. The van der Waals surface area contributed by atoms with Crippen LogP contribution in [-0.4, -0.2) is 11.7 Å². The van der Waals surface area contributed by atoms with Crippen LogP contribution in [0.1, 0.15) is 45.4 Å². The lowest BCUT2D eigenvalue weighted by Crippen LogP contribution is -2.29. The van der Waals surface area contributed by atoms with Crippen molar-refractivity contribution in [2.45, 2.75) is 45.4 Å². The SMILES string of the molecule is CCCCCCCCNC(=S)Nc1cc(Cl)ccc1Cl. The number of rotatable bonds is 8. The van der Waals surface area contributed by atoms with Crippen LogP contribution in [0.3, 0.4) is 0 Å². The van der Waals surface area contributed by atoms with Gasteiger partial charge in [0, 0.05) is 11.6 Å². The Balaban J connectivity index is 2.19. The molecule has 112 valence electrons. The minimum Gasteiger partial charge on any atom is -0.362 e. The lowest BCUT2D eigenvalue weighted by atomic mass is 10.1. The van der Waals surface area contributed by atoms with E-state index in [0.717, 1.165) is 18.7 Å². The molecular weight excluding hydrogens is 311 g/mol. The largest absolute Gasteiger partial charge is 0.362 e. The summed E-state index contributed by atoms with van der Waals surface area (Å²) in [5.74, 6) is 0. The van der Waals surface area contributed by atoms with E-state index < -0.39 is 0 Å². The van der Waals surface area contributed by atoms with Crippen LogP contribution in [0.5, 0.6) is 0 Å². The first kappa shape index (κ1) is 17.5. The van der Waals surface area contributed by atoms with E-state index in [9.17, 15) is 0 Å². The standard InChI is InChI=1S/C15H22Cl2N2S/c1-2-3-4-5-6-7-10-18-15(20)19-14-11-12(16)8-9-13(14)17/h8-9,11H,2-7,10H2,1H3,(H2,18,19,20). The number of nitrogens with one attached hydrogen (secondary N) is 2. The molecule has 1 rings (SSSR count). The van der Waals surface area contributed by atoms with Gasteiger partial charge in [-0.05, 0) is 36.8 Å². The van der Waals surface area contributed by atoms with E-state index in [1.54, 1.807) is 18.2 Å². The van der Waals surface area contributed by atoms with E-state index in [4.69, 9.17) is 35.4 Å². The molecule has 0 spiro atoms. The fourth-order valence-corrected chi connectivity index (χ4v) is 2.42. The average molecular weight is 333 g/mol. The highest BCUT2D eigenvalue weighted by Gasteiger charge is 2.03. The van der Waals surface area contributed by atoms with Gasteiger partial charge in [0.1, 0.15) is 0 Å². The van der Waals surface area contributed by atoms with Crippen molar-refractivity contribution in [3.8, 4) is 0 Å². The minimum absolute atomic E-state index is 0.586. The predicted octanol–water partition coefficient (Wildman–Crippen LogP) is 5.64. The van der Waals surface area contributed by atoms with Gasteiger partial charge in [0.25, 0.3) is 0 Å². The summed E-state index contributed by atoms with van der Waals surface area (Å²) >= 11 is 17.2. The fraction of sp³-hybridized carbons (Fsp3) is 0.533. The van der Waals surface area contributed by atoms with Crippen molar-refractivity contribution in [1.82, 2.24) is 5.32 Å². The van der Waals surface area contributed by atoms with Gasteiger partial charge in [-0.3, -0.25) is 0 Å². The van der Waals surface area contributed by atoms with E-state index in [0.29, 0.717) is 15.2 Å². The molecule has 1 aromatic rings. The van der Waals surface area contributed by atoms with Crippen molar-refractivity contribution in [2.24, 2.45) is 0 Å². The van der Waals surface area contributed by atoms with Crippen molar-refractivity contribution < 1.29 is 0 Å². The molecule has 2 N–H and O–H groups in total. The van der Waals surface area contributed by atoms with E-state index in [2.05, 4.69) is 17.6 Å². The average Bonchev–Trinajstić information content (AvgIpc) is 2.42. The zero-order chi connectivity index (χ0) is 14.8. The van der Waals surface area contributed by atoms with E-state index in [-0.39, 0.29) is 0 Å². The lowest BCUT2D eigenvalue weighted by Gasteiger charge is -2.12. The third-order valence-corrected chi connectivity index (χ3v) is 3.80. The molecule has 0 atom stereocenters. The lowest BCUT2D eigenvalue weighted by molar-refractivity contribution is 0.603. The topological polar surface area (TPSA) is 24.1 Å². The maximum atomic E-state index is 6.06. The summed E-state index contributed by atoms with van der Waals surface area (Å²) in [6.45, 7) is 3.11. The summed E-state index contributed by atoms with van der Waals surface area (Å²) in [6.07, 6.45) is 7.63. The normalized spacial score (nSPS) is 10.3. The molecule has 0 radical (unpaired) electrons. The Hall–Kier alpha value is -0.510. The third kappa shape index (κ3) is 7.32. The molecule has 20 heavy (non-hydrogen) atoms. The van der Waals surface area contributed by atoms with Gasteiger partial charge in [0.2, 0.25) is 0 Å². The van der Waals surface area contributed by atoms with Crippen LogP contribution in [0.2, 0.25) is 10.0 Å². The van der Waals surface area contributed by atoms with Crippen LogP contribution in [0.25, 0.3) is 0 Å². The smallest absolute Gasteiger partial charge is 0.170 e. The Labute approximate surface area is 137 Å². The van der Waals surface area contributed by atoms with Crippen LogP contribution in [-0.2, 0) is 0 Å². The number of halogens is 2. The van der Waals surface area contributed by atoms with Gasteiger partial charge in [-0.2, -0.15) is 0 Å². The maximum absolute atomic E-state index is 6.06. The molecule has 0 aliphatic carbocycles. The summed E-state index contributed by atoms with van der Waals surface area (Å²) in [4.78, 5) is 0. The first-order chi connectivity index (χ1) is 9.63. The second-order valence-corrected chi connectivity index (χ2v) is 6.02. The minimum atomic E-state index is 0.586. The molecular formula is C15H22Cl2N2S. The Morgan fingerprint density at radius 1 is 1.10 bits per heavy atom. The van der Waals surface area contributed by atoms with Crippen molar-refractivity contribution in [3.05, 3.63) is 28.2 Å². The molecule has 0 saturated carbocycles. The molecule has 0 saturated heterocycles. The number of hydrogen-bond donors (Lipinski definition) is 2. The number of anilines is 1. The van der Waals surface area contributed by atoms with Gasteiger partial charge >= 0.3 is 0 Å². The van der Waals surface area contributed by atoms with Gasteiger partial charge in [0.05, 0.1) is 10.7 Å². The highest BCUT2D eigenvalue weighted by Crippen LogP contribution is 2.25. The summed E-state index contributed by atoms with van der Waals surface area (Å²) in [7, 11) is 0. The molecule has 0 fully saturated rings. The molecule has 1 aromatic carbocycles. The van der Waals surface area contributed by atoms with Gasteiger partial charge in [0.15, 0.2) is 5.11 Å². The summed E-state index contributed by atoms with van der Waals surface area (Å²) in [5.41, 5.74) is 0.736. The number of benzene rings is 1. The van der Waals surface area contributed by atoms with Gasteiger partial charge < -0.3 is 10.6 Å². The van der Waals surface area contributed by atoms with Crippen molar-refractivity contribution in [1.29, 1.82) is 0 Å². The molecule has 0 aliphatic heterocycles. The molecule has 0 unspecified atom stereocenters. The summed E-state index contributed by atoms with van der Waals surface area (Å²) < 4.78 is 0. The highest BCUT2D eigenvalue weighted by molar-refractivity contribution is 7.80. The Kier molecular flexibility index (Phi) is 8.99. The molecule has 0 aliphatic rings. The quantitative estimate of drug-likeness (QED) is 0.475. The van der Waals surface area contributed by atoms with Gasteiger partial charge in [-0.25, -0.2) is 0 Å². The number of unbranched alkanes of at least 4 members (excludes halogenated alkanes) is 5. The Bertz CT molecular complexity index is 424. The number of hydrogen-bond acceptors (Lipinski definition) is 1. The van der Waals surface area contributed by atoms with Crippen LogP contribution in [0.15, 0.2) is 18.2 Å². The Morgan fingerprint density at radius 2 is 1.80 bits per heavy atom. The maximum Gasteiger partial charge on any atom is 0.170 e. The Morgan fingerprint density at radius 3 is 2.55 bits per heavy atom. The van der Waals surface area contributed by atoms with E-state index in [1.807, 2.05) is 0 Å².